The first-order chi connectivity index (χ1) is 12.2. The molecule has 1 fully saturated rings. The van der Waals surface area contributed by atoms with Gasteiger partial charge in [0.05, 0.1) is 25.6 Å². The summed E-state index contributed by atoms with van der Waals surface area (Å²) in [5.41, 5.74) is 1.49. The van der Waals surface area contributed by atoms with E-state index in [1.165, 1.54) is 13.3 Å². The molecule has 1 atom stereocenters. The SMILES string of the molecule is COc1ccc(NC(=O)[C@@H]2COCC(=O)N2Cc2ccccc2)cn1. The van der Waals surface area contributed by atoms with Gasteiger partial charge in [-0.25, -0.2) is 4.98 Å². The lowest BCUT2D eigenvalue weighted by Gasteiger charge is -2.34. The van der Waals surface area contributed by atoms with E-state index in [-0.39, 0.29) is 25.0 Å². The predicted molar refractivity (Wildman–Crippen MR) is 91.0 cm³/mol. The van der Waals surface area contributed by atoms with Crippen molar-refractivity contribution < 1.29 is 19.1 Å². The van der Waals surface area contributed by atoms with E-state index >= 15 is 0 Å². The Hall–Kier alpha value is -2.93. The normalized spacial score (nSPS) is 17.2. The Kier molecular flexibility index (Phi) is 5.25. The fourth-order valence-corrected chi connectivity index (χ4v) is 2.60. The molecule has 7 heteroatoms. The van der Waals surface area contributed by atoms with Crippen molar-refractivity contribution in [2.24, 2.45) is 0 Å². The molecule has 0 unspecified atom stereocenters. The van der Waals surface area contributed by atoms with Crippen molar-refractivity contribution in [1.29, 1.82) is 0 Å². The number of pyridine rings is 1. The summed E-state index contributed by atoms with van der Waals surface area (Å²) < 4.78 is 10.3. The van der Waals surface area contributed by atoms with E-state index in [1.54, 1.807) is 17.0 Å². The van der Waals surface area contributed by atoms with Crippen LogP contribution < -0.4 is 10.1 Å². The van der Waals surface area contributed by atoms with Gasteiger partial charge in [0.25, 0.3) is 0 Å². The third-order valence-electron chi connectivity index (χ3n) is 3.91. The fraction of sp³-hybridized carbons (Fsp3) is 0.278. The third-order valence-corrected chi connectivity index (χ3v) is 3.91. The number of benzene rings is 1. The van der Waals surface area contributed by atoms with E-state index in [9.17, 15) is 9.59 Å². The summed E-state index contributed by atoms with van der Waals surface area (Å²) in [4.78, 5) is 30.5. The second kappa shape index (κ2) is 7.76. The van der Waals surface area contributed by atoms with Crippen LogP contribution in [0.2, 0.25) is 0 Å². The Labute approximate surface area is 145 Å². The van der Waals surface area contributed by atoms with Crippen molar-refractivity contribution in [2.45, 2.75) is 12.6 Å². The van der Waals surface area contributed by atoms with Gasteiger partial charge in [-0.05, 0) is 11.6 Å². The standard InChI is InChI=1S/C18H19N3O4/c1-24-16-8-7-14(9-19-16)20-18(23)15-11-25-12-17(22)21(15)10-13-5-3-2-4-6-13/h2-9,15H,10-12H2,1H3,(H,20,23)/t15-/m0/s1. The first-order valence-electron chi connectivity index (χ1n) is 7.89. The average Bonchev–Trinajstić information content (AvgIpc) is 2.65. The maximum absolute atomic E-state index is 12.6. The van der Waals surface area contributed by atoms with Crippen LogP contribution in [0.4, 0.5) is 5.69 Å². The van der Waals surface area contributed by atoms with E-state index in [0.717, 1.165) is 5.56 Å². The lowest BCUT2D eigenvalue weighted by atomic mass is 10.1. The molecule has 25 heavy (non-hydrogen) atoms. The monoisotopic (exact) mass is 341 g/mol. The quantitative estimate of drug-likeness (QED) is 0.890. The molecule has 7 nitrogen and oxygen atoms in total. The number of nitrogens with zero attached hydrogens (tertiary/aromatic N) is 2. The first kappa shape index (κ1) is 16.9. The second-order valence-corrected chi connectivity index (χ2v) is 5.62. The summed E-state index contributed by atoms with van der Waals surface area (Å²) >= 11 is 0. The summed E-state index contributed by atoms with van der Waals surface area (Å²) in [6.45, 7) is 0.511. The molecule has 0 radical (unpaired) electrons. The van der Waals surface area contributed by atoms with E-state index in [4.69, 9.17) is 9.47 Å². The summed E-state index contributed by atoms with van der Waals surface area (Å²) in [5, 5.41) is 2.77. The number of morpholine rings is 1. The molecular formula is C18H19N3O4. The molecule has 2 aromatic rings. The second-order valence-electron chi connectivity index (χ2n) is 5.62. The molecule has 0 bridgehead atoms. The van der Waals surface area contributed by atoms with Crippen LogP contribution in [0.15, 0.2) is 48.7 Å². The zero-order valence-corrected chi connectivity index (χ0v) is 13.8. The largest absolute Gasteiger partial charge is 0.481 e. The van der Waals surface area contributed by atoms with Gasteiger partial charge in [0.1, 0.15) is 12.6 Å². The Balaban J connectivity index is 1.72. The minimum atomic E-state index is -0.691. The molecule has 1 N–H and O–H groups in total. The molecule has 2 heterocycles. The predicted octanol–water partition coefficient (Wildman–Crippen LogP) is 1.46. The first-order valence-corrected chi connectivity index (χ1v) is 7.89. The number of anilines is 1. The molecule has 0 saturated carbocycles. The Morgan fingerprint density at radius 1 is 1.32 bits per heavy atom. The van der Waals surface area contributed by atoms with E-state index < -0.39 is 6.04 Å². The smallest absolute Gasteiger partial charge is 0.249 e. The maximum Gasteiger partial charge on any atom is 0.249 e. The van der Waals surface area contributed by atoms with Gasteiger partial charge in [-0.1, -0.05) is 30.3 Å². The Morgan fingerprint density at radius 3 is 2.80 bits per heavy atom. The fourth-order valence-electron chi connectivity index (χ4n) is 2.60. The minimum absolute atomic E-state index is 0.0132. The highest BCUT2D eigenvalue weighted by atomic mass is 16.5. The van der Waals surface area contributed by atoms with Crippen molar-refractivity contribution in [3.05, 3.63) is 54.2 Å². The highest BCUT2D eigenvalue weighted by molar-refractivity contribution is 5.97. The zero-order valence-electron chi connectivity index (χ0n) is 13.8. The van der Waals surface area contributed by atoms with Gasteiger partial charge in [-0.3, -0.25) is 9.59 Å². The van der Waals surface area contributed by atoms with Crippen LogP contribution in [0.25, 0.3) is 0 Å². The van der Waals surface area contributed by atoms with Gasteiger partial charge < -0.3 is 19.7 Å². The summed E-state index contributed by atoms with van der Waals surface area (Å²) in [6.07, 6.45) is 1.50. The lowest BCUT2D eigenvalue weighted by Crippen LogP contribution is -2.54. The van der Waals surface area contributed by atoms with Gasteiger partial charge in [0, 0.05) is 12.6 Å². The van der Waals surface area contributed by atoms with Crippen LogP contribution in [-0.4, -0.2) is 48.1 Å². The zero-order chi connectivity index (χ0) is 17.6. The molecule has 3 rings (SSSR count). The molecule has 2 amide bonds. The van der Waals surface area contributed by atoms with Crippen LogP contribution in [-0.2, 0) is 20.9 Å². The molecular weight excluding hydrogens is 322 g/mol. The summed E-state index contributed by atoms with van der Waals surface area (Å²) in [7, 11) is 1.52. The molecule has 1 aromatic heterocycles. The van der Waals surface area contributed by atoms with Crippen LogP contribution >= 0.6 is 0 Å². The van der Waals surface area contributed by atoms with E-state index in [0.29, 0.717) is 18.1 Å². The number of carbonyl (C=O) groups excluding carboxylic acids is 2. The molecule has 1 aliphatic rings. The number of hydrogen-bond donors (Lipinski definition) is 1. The van der Waals surface area contributed by atoms with Crippen molar-refractivity contribution >= 4 is 17.5 Å². The average molecular weight is 341 g/mol. The molecule has 1 aromatic carbocycles. The number of hydrogen-bond acceptors (Lipinski definition) is 5. The van der Waals surface area contributed by atoms with Gasteiger partial charge in [0.15, 0.2) is 0 Å². The number of aromatic nitrogens is 1. The number of methoxy groups -OCH3 is 1. The van der Waals surface area contributed by atoms with Gasteiger partial charge >= 0.3 is 0 Å². The summed E-state index contributed by atoms with van der Waals surface area (Å²) in [5.74, 6) is -0.0565. The molecule has 130 valence electrons. The Morgan fingerprint density at radius 2 is 2.12 bits per heavy atom. The van der Waals surface area contributed by atoms with Gasteiger partial charge in [-0.15, -0.1) is 0 Å². The highest BCUT2D eigenvalue weighted by Crippen LogP contribution is 2.17. The number of nitrogens with one attached hydrogen (secondary N) is 1. The van der Waals surface area contributed by atoms with Gasteiger partial charge in [0.2, 0.25) is 17.7 Å². The molecule has 1 aliphatic heterocycles. The Bertz CT molecular complexity index is 734. The van der Waals surface area contributed by atoms with E-state index in [2.05, 4.69) is 10.3 Å². The van der Waals surface area contributed by atoms with Gasteiger partial charge in [-0.2, -0.15) is 0 Å². The van der Waals surface area contributed by atoms with Crippen LogP contribution in [0.1, 0.15) is 5.56 Å². The lowest BCUT2D eigenvalue weighted by molar-refractivity contribution is -0.154. The topological polar surface area (TPSA) is 80.8 Å². The van der Waals surface area contributed by atoms with Crippen molar-refractivity contribution in [1.82, 2.24) is 9.88 Å². The van der Waals surface area contributed by atoms with Crippen LogP contribution in [0, 0.1) is 0 Å². The summed E-state index contributed by atoms with van der Waals surface area (Å²) in [6, 6.07) is 12.2. The van der Waals surface area contributed by atoms with Crippen LogP contribution in [0.5, 0.6) is 5.88 Å². The maximum atomic E-state index is 12.6. The highest BCUT2D eigenvalue weighted by Gasteiger charge is 2.34. The number of carbonyl (C=O) groups is 2. The van der Waals surface area contributed by atoms with Crippen LogP contribution in [0.3, 0.4) is 0 Å². The molecule has 1 saturated heterocycles. The number of rotatable bonds is 5. The molecule has 0 spiro atoms. The van der Waals surface area contributed by atoms with Crippen molar-refractivity contribution in [3.8, 4) is 5.88 Å². The van der Waals surface area contributed by atoms with E-state index in [1.807, 2.05) is 30.3 Å². The number of amides is 2. The van der Waals surface area contributed by atoms with Crippen molar-refractivity contribution in [2.75, 3.05) is 25.6 Å². The third kappa shape index (κ3) is 4.13. The molecule has 0 aliphatic carbocycles. The minimum Gasteiger partial charge on any atom is -0.481 e. The number of ether oxygens (including phenoxy) is 2. The van der Waals surface area contributed by atoms with Crippen molar-refractivity contribution in [3.63, 3.8) is 0 Å².